The van der Waals surface area contributed by atoms with Crippen molar-refractivity contribution in [3.8, 4) is 28.2 Å². The van der Waals surface area contributed by atoms with E-state index in [-0.39, 0.29) is 5.69 Å². The fourth-order valence-electron chi connectivity index (χ4n) is 4.38. The predicted molar refractivity (Wildman–Crippen MR) is 131 cm³/mol. The molecule has 0 aliphatic carbocycles. The lowest BCUT2D eigenvalue weighted by molar-refractivity contribution is 0.691. The van der Waals surface area contributed by atoms with E-state index in [1.807, 2.05) is 52.5 Å². The molecule has 0 fully saturated rings. The van der Waals surface area contributed by atoms with Gasteiger partial charge in [0.15, 0.2) is 5.82 Å². The van der Waals surface area contributed by atoms with Crippen LogP contribution in [0.25, 0.3) is 28.2 Å². The van der Waals surface area contributed by atoms with E-state index in [9.17, 15) is 4.79 Å². The van der Waals surface area contributed by atoms with Crippen LogP contribution < -0.4 is 5.69 Å². The minimum atomic E-state index is -0.00883. The molecule has 0 aliphatic heterocycles. The summed E-state index contributed by atoms with van der Waals surface area (Å²) < 4.78 is 3.72. The SMILES string of the molecule is CCCc1c(C)n(-c2ccccc2)c(=O)n1Cc1ccc(-c2ccncc2-c2nnn[nH]2)cc1. The van der Waals surface area contributed by atoms with Gasteiger partial charge in [0.2, 0.25) is 0 Å². The Kier molecular flexibility index (Phi) is 5.86. The van der Waals surface area contributed by atoms with E-state index in [4.69, 9.17) is 0 Å². The first-order valence-electron chi connectivity index (χ1n) is 11.3. The number of imidazole rings is 1. The third-order valence-electron chi connectivity index (χ3n) is 6.03. The van der Waals surface area contributed by atoms with Gasteiger partial charge in [-0.15, -0.1) is 5.10 Å². The van der Waals surface area contributed by atoms with Crippen LogP contribution >= 0.6 is 0 Å². The third kappa shape index (κ3) is 3.94. The molecule has 0 saturated heterocycles. The Labute approximate surface area is 196 Å². The molecular formula is C26H25N7O. The Morgan fingerprint density at radius 3 is 2.47 bits per heavy atom. The summed E-state index contributed by atoms with van der Waals surface area (Å²) in [5.41, 5.74) is 6.86. The van der Waals surface area contributed by atoms with Gasteiger partial charge in [0, 0.05) is 29.3 Å². The first kappa shape index (κ1) is 21.5. The molecule has 0 atom stereocenters. The number of nitrogens with one attached hydrogen (secondary N) is 1. The second-order valence-corrected chi connectivity index (χ2v) is 8.19. The smallest absolute Gasteiger partial charge is 0.291 e. The van der Waals surface area contributed by atoms with E-state index in [1.165, 1.54) is 0 Å². The molecule has 34 heavy (non-hydrogen) atoms. The number of nitrogens with zero attached hydrogens (tertiary/aromatic N) is 6. The van der Waals surface area contributed by atoms with Crippen molar-refractivity contribution in [2.45, 2.75) is 33.2 Å². The fourth-order valence-corrected chi connectivity index (χ4v) is 4.38. The van der Waals surface area contributed by atoms with Crippen molar-refractivity contribution < 1.29 is 0 Å². The summed E-state index contributed by atoms with van der Waals surface area (Å²) in [6, 6.07) is 20.0. The number of aromatic nitrogens is 7. The van der Waals surface area contributed by atoms with Crippen LogP contribution in [0.5, 0.6) is 0 Å². The van der Waals surface area contributed by atoms with E-state index < -0.39 is 0 Å². The number of tetrazole rings is 1. The maximum atomic E-state index is 13.5. The van der Waals surface area contributed by atoms with Gasteiger partial charge in [0.1, 0.15) is 0 Å². The minimum absolute atomic E-state index is 0.00883. The second-order valence-electron chi connectivity index (χ2n) is 8.19. The Morgan fingerprint density at radius 1 is 0.971 bits per heavy atom. The third-order valence-corrected chi connectivity index (χ3v) is 6.03. The van der Waals surface area contributed by atoms with Crippen molar-refractivity contribution in [3.05, 3.63) is 100 Å². The van der Waals surface area contributed by atoms with Crippen molar-refractivity contribution >= 4 is 0 Å². The van der Waals surface area contributed by atoms with Crippen LogP contribution in [0, 0.1) is 6.92 Å². The molecule has 5 aromatic rings. The Morgan fingerprint density at radius 2 is 1.76 bits per heavy atom. The summed E-state index contributed by atoms with van der Waals surface area (Å²) in [7, 11) is 0. The van der Waals surface area contributed by atoms with E-state index in [1.54, 1.807) is 12.4 Å². The first-order valence-corrected chi connectivity index (χ1v) is 11.3. The molecule has 0 unspecified atom stereocenters. The van der Waals surface area contributed by atoms with E-state index in [0.29, 0.717) is 12.4 Å². The van der Waals surface area contributed by atoms with E-state index >= 15 is 0 Å². The maximum Gasteiger partial charge on any atom is 0.333 e. The summed E-state index contributed by atoms with van der Waals surface area (Å²) >= 11 is 0. The minimum Gasteiger partial charge on any atom is -0.291 e. The summed E-state index contributed by atoms with van der Waals surface area (Å²) in [4.78, 5) is 17.7. The first-order chi connectivity index (χ1) is 16.7. The van der Waals surface area contributed by atoms with Gasteiger partial charge in [-0.3, -0.25) is 14.1 Å². The standard InChI is InChI=1S/C26H25N7O/c1-3-7-24-18(2)33(21-8-5-4-6-9-21)26(34)32(24)17-19-10-12-20(13-11-19)22-14-15-27-16-23(22)25-28-30-31-29-25/h4-6,8-16H,3,7,17H2,1-2H3,(H,28,29,30,31). The summed E-state index contributed by atoms with van der Waals surface area (Å²) in [6.45, 7) is 4.69. The monoisotopic (exact) mass is 451 g/mol. The van der Waals surface area contributed by atoms with Gasteiger partial charge in [-0.25, -0.2) is 9.89 Å². The van der Waals surface area contributed by atoms with Gasteiger partial charge in [0.25, 0.3) is 0 Å². The topological polar surface area (TPSA) is 94.3 Å². The molecule has 8 heteroatoms. The normalized spacial score (nSPS) is 11.1. The molecule has 0 radical (unpaired) electrons. The van der Waals surface area contributed by atoms with Crippen LogP contribution in [0.2, 0.25) is 0 Å². The zero-order valence-corrected chi connectivity index (χ0v) is 19.1. The largest absolute Gasteiger partial charge is 0.333 e. The molecule has 0 aliphatic rings. The number of benzene rings is 2. The lowest BCUT2D eigenvalue weighted by Gasteiger charge is -2.10. The average Bonchev–Trinajstić information content (AvgIpc) is 3.49. The molecule has 3 heterocycles. The molecule has 1 N–H and O–H groups in total. The number of rotatable bonds is 7. The molecule has 5 rings (SSSR count). The number of hydrogen-bond donors (Lipinski definition) is 1. The van der Waals surface area contributed by atoms with Crippen LogP contribution in [0.4, 0.5) is 0 Å². The predicted octanol–water partition coefficient (Wildman–Crippen LogP) is 4.19. The lowest BCUT2D eigenvalue weighted by atomic mass is 10.00. The molecule has 0 amide bonds. The van der Waals surface area contributed by atoms with Gasteiger partial charge in [-0.2, -0.15) is 0 Å². The molecule has 2 aromatic carbocycles. The van der Waals surface area contributed by atoms with Crippen LogP contribution in [-0.4, -0.2) is 34.7 Å². The van der Waals surface area contributed by atoms with Crippen molar-refractivity contribution in [1.29, 1.82) is 0 Å². The molecular weight excluding hydrogens is 426 g/mol. The molecule has 170 valence electrons. The zero-order valence-electron chi connectivity index (χ0n) is 19.1. The van der Waals surface area contributed by atoms with Gasteiger partial charge in [-0.1, -0.05) is 55.8 Å². The van der Waals surface area contributed by atoms with Crippen LogP contribution in [0.3, 0.4) is 0 Å². The molecule has 0 spiro atoms. The zero-order chi connectivity index (χ0) is 23.5. The Hall–Kier alpha value is -4.33. The summed E-state index contributed by atoms with van der Waals surface area (Å²) in [5, 5.41) is 14.2. The quantitative estimate of drug-likeness (QED) is 0.400. The highest BCUT2D eigenvalue weighted by molar-refractivity contribution is 5.79. The van der Waals surface area contributed by atoms with Gasteiger partial charge in [-0.05, 0) is 58.7 Å². The lowest BCUT2D eigenvalue weighted by Crippen LogP contribution is -2.25. The maximum absolute atomic E-state index is 13.5. The van der Waals surface area contributed by atoms with Gasteiger partial charge < -0.3 is 0 Å². The second kappa shape index (κ2) is 9.27. The summed E-state index contributed by atoms with van der Waals surface area (Å²) in [5.74, 6) is 0.570. The van der Waals surface area contributed by atoms with E-state index in [2.05, 4.69) is 56.8 Å². The number of aromatic amines is 1. The molecule has 3 aromatic heterocycles. The highest BCUT2D eigenvalue weighted by Gasteiger charge is 2.18. The highest BCUT2D eigenvalue weighted by Crippen LogP contribution is 2.29. The van der Waals surface area contributed by atoms with Crippen molar-refractivity contribution in [1.82, 2.24) is 34.7 Å². The van der Waals surface area contributed by atoms with Crippen LogP contribution in [-0.2, 0) is 13.0 Å². The highest BCUT2D eigenvalue weighted by atomic mass is 16.1. The van der Waals surface area contributed by atoms with Gasteiger partial charge in [0.05, 0.1) is 12.2 Å². The van der Waals surface area contributed by atoms with Crippen molar-refractivity contribution in [3.63, 3.8) is 0 Å². The van der Waals surface area contributed by atoms with Gasteiger partial charge >= 0.3 is 5.69 Å². The van der Waals surface area contributed by atoms with Crippen LogP contribution in [0.1, 0.15) is 30.3 Å². The molecule has 8 nitrogen and oxygen atoms in total. The van der Waals surface area contributed by atoms with Crippen molar-refractivity contribution in [2.24, 2.45) is 0 Å². The number of H-pyrrole nitrogens is 1. The Bertz CT molecular complexity index is 1450. The van der Waals surface area contributed by atoms with Crippen molar-refractivity contribution in [2.75, 3.05) is 0 Å². The number of pyridine rings is 1. The fraction of sp³-hybridized carbons (Fsp3) is 0.192. The Balaban J connectivity index is 1.50. The number of para-hydroxylation sites is 1. The number of hydrogen-bond acceptors (Lipinski definition) is 5. The summed E-state index contributed by atoms with van der Waals surface area (Å²) in [6.07, 6.45) is 5.32. The molecule has 0 saturated carbocycles. The average molecular weight is 452 g/mol. The van der Waals surface area contributed by atoms with Crippen LogP contribution in [0.15, 0.2) is 77.9 Å². The molecule has 0 bridgehead atoms. The van der Waals surface area contributed by atoms with E-state index in [0.717, 1.165) is 52.2 Å².